The van der Waals surface area contributed by atoms with Gasteiger partial charge in [-0.15, -0.1) is 0 Å². The largest absolute Gasteiger partial charge is 1.00 e. The molecule has 0 fully saturated rings. The number of hydrogen-bond acceptors (Lipinski definition) is 1. The summed E-state index contributed by atoms with van der Waals surface area (Å²) in [6.45, 7) is 0. The van der Waals surface area contributed by atoms with E-state index in [0.717, 1.165) is 10.9 Å². The SMILES string of the molecule is C[n+]1cccc2ccc(O)cc21.[I-]. The molecule has 0 unspecified atom stereocenters. The maximum atomic E-state index is 9.24. The summed E-state index contributed by atoms with van der Waals surface area (Å²) in [4.78, 5) is 0. The molecule has 1 aromatic carbocycles. The monoisotopic (exact) mass is 287 g/mol. The fraction of sp³-hybridized carbons (Fsp3) is 0.100. The molecule has 1 N–H and O–H groups in total. The molecule has 0 saturated carbocycles. The molecule has 0 spiro atoms. The highest BCUT2D eigenvalue weighted by molar-refractivity contribution is 5.76. The van der Waals surface area contributed by atoms with Crippen LogP contribution < -0.4 is 28.5 Å². The number of halogens is 1. The van der Waals surface area contributed by atoms with Gasteiger partial charge in [-0.25, -0.2) is 4.57 Å². The Morgan fingerprint density at radius 2 is 2.00 bits per heavy atom. The second-order valence-electron chi connectivity index (χ2n) is 2.86. The number of phenolic OH excluding ortho intramolecular Hbond substituents is 1. The summed E-state index contributed by atoms with van der Waals surface area (Å²) >= 11 is 0. The van der Waals surface area contributed by atoms with Crippen molar-refractivity contribution >= 4 is 10.9 Å². The Labute approximate surface area is 93.8 Å². The number of aromatic hydroxyl groups is 1. The fourth-order valence-corrected chi connectivity index (χ4v) is 1.33. The van der Waals surface area contributed by atoms with Crippen molar-refractivity contribution in [3.05, 3.63) is 36.5 Å². The smallest absolute Gasteiger partial charge is 0.215 e. The summed E-state index contributed by atoms with van der Waals surface area (Å²) in [7, 11) is 1.96. The Kier molecular flexibility index (Phi) is 3.08. The summed E-state index contributed by atoms with van der Waals surface area (Å²) < 4.78 is 1.98. The summed E-state index contributed by atoms with van der Waals surface area (Å²) in [5, 5.41) is 10.4. The van der Waals surface area contributed by atoms with Crippen LogP contribution in [0.15, 0.2) is 36.5 Å². The number of aryl methyl sites for hydroxylation is 1. The first kappa shape index (κ1) is 10.2. The van der Waals surface area contributed by atoms with E-state index in [1.807, 2.05) is 36.0 Å². The van der Waals surface area contributed by atoms with Gasteiger partial charge in [-0.2, -0.15) is 0 Å². The number of aromatic nitrogens is 1. The Morgan fingerprint density at radius 1 is 1.23 bits per heavy atom. The van der Waals surface area contributed by atoms with Gasteiger partial charge in [0, 0.05) is 11.5 Å². The van der Waals surface area contributed by atoms with E-state index in [1.165, 1.54) is 0 Å². The van der Waals surface area contributed by atoms with Gasteiger partial charge in [0.05, 0.1) is 6.07 Å². The number of fused-ring (bicyclic) bond motifs is 1. The summed E-state index contributed by atoms with van der Waals surface area (Å²) in [6, 6.07) is 9.37. The van der Waals surface area contributed by atoms with E-state index in [1.54, 1.807) is 12.1 Å². The second-order valence-corrected chi connectivity index (χ2v) is 2.86. The number of nitrogens with zero attached hydrogens (tertiary/aromatic N) is 1. The zero-order valence-corrected chi connectivity index (χ0v) is 9.39. The van der Waals surface area contributed by atoms with Crippen LogP contribution in [0, 0.1) is 0 Å². The number of benzene rings is 1. The van der Waals surface area contributed by atoms with Crippen LogP contribution >= 0.6 is 0 Å². The van der Waals surface area contributed by atoms with Crippen molar-refractivity contribution in [2.75, 3.05) is 0 Å². The Morgan fingerprint density at radius 3 is 2.77 bits per heavy atom. The van der Waals surface area contributed by atoms with Crippen LogP contribution in [0.1, 0.15) is 0 Å². The van der Waals surface area contributed by atoms with Crippen molar-refractivity contribution in [1.29, 1.82) is 0 Å². The molecule has 1 aromatic heterocycles. The Bertz CT molecular complexity index is 428. The zero-order chi connectivity index (χ0) is 8.55. The van der Waals surface area contributed by atoms with Gasteiger partial charge < -0.3 is 29.1 Å². The number of phenols is 1. The van der Waals surface area contributed by atoms with Gasteiger partial charge in [0.15, 0.2) is 6.20 Å². The van der Waals surface area contributed by atoms with Gasteiger partial charge in [-0.3, -0.25) is 0 Å². The lowest BCUT2D eigenvalue weighted by molar-refractivity contribution is -0.644. The van der Waals surface area contributed by atoms with Gasteiger partial charge >= 0.3 is 0 Å². The van der Waals surface area contributed by atoms with Crippen molar-refractivity contribution in [3.63, 3.8) is 0 Å². The normalized spacial score (nSPS) is 9.62. The molecule has 0 aliphatic heterocycles. The highest BCUT2D eigenvalue weighted by atomic mass is 127. The minimum atomic E-state index is 0. The molecule has 2 rings (SSSR count). The molecule has 3 heteroatoms. The molecule has 0 radical (unpaired) electrons. The summed E-state index contributed by atoms with van der Waals surface area (Å²) in [5.74, 6) is 0.310. The van der Waals surface area contributed by atoms with Crippen molar-refractivity contribution in [1.82, 2.24) is 0 Å². The molecular weight excluding hydrogens is 277 g/mol. The highest BCUT2D eigenvalue weighted by Gasteiger charge is 2.03. The molecule has 0 saturated heterocycles. The van der Waals surface area contributed by atoms with Gasteiger partial charge in [-0.1, -0.05) is 0 Å². The zero-order valence-electron chi connectivity index (χ0n) is 7.24. The molecule has 2 nitrogen and oxygen atoms in total. The number of hydrogen-bond donors (Lipinski definition) is 1. The van der Waals surface area contributed by atoms with E-state index in [4.69, 9.17) is 0 Å². The van der Waals surface area contributed by atoms with Crippen molar-refractivity contribution in [3.8, 4) is 5.75 Å². The second kappa shape index (κ2) is 3.91. The molecule has 2 aromatic rings. The van der Waals surface area contributed by atoms with E-state index < -0.39 is 0 Å². The number of rotatable bonds is 0. The van der Waals surface area contributed by atoms with Gasteiger partial charge in [0.1, 0.15) is 12.8 Å². The number of pyridine rings is 1. The maximum Gasteiger partial charge on any atom is 0.215 e. The van der Waals surface area contributed by atoms with E-state index in [0.29, 0.717) is 5.75 Å². The van der Waals surface area contributed by atoms with Crippen molar-refractivity contribution < 1.29 is 33.7 Å². The molecule has 0 amide bonds. The topological polar surface area (TPSA) is 24.1 Å². The first-order chi connectivity index (χ1) is 5.77. The molecule has 0 aliphatic rings. The van der Waals surface area contributed by atoms with Crippen LogP contribution in [0.2, 0.25) is 0 Å². The lowest BCUT2D eigenvalue weighted by Gasteiger charge is -1.95. The third kappa shape index (κ3) is 1.91. The summed E-state index contributed by atoms with van der Waals surface area (Å²) in [6.07, 6.45) is 1.96. The van der Waals surface area contributed by atoms with E-state index >= 15 is 0 Å². The van der Waals surface area contributed by atoms with Crippen molar-refractivity contribution in [2.24, 2.45) is 7.05 Å². The maximum absolute atomic E-state index is 9.24. The molecule has 0 aliphatic carbocycles. The van der Waals surface area contributed by atoms with Crippen LogP contribution in [0.5, 0.6) is 5.75 Å². The van der Waals surface area contributed by atoms with Gasteiger partial charge in [0.2, 0.25) is 5.52 Å². The third-order valence-electron chi connectivity index (χ3n) is 1.98. The predicted octanol–water partition coefficient (Wildman–Crippen LogP) is -1.63. The Balaban J connectivity index is 0.000000845. The lowest BCUT2D eigenvalue weighted by Crippen LogP contribution is -3.00. The Hall–Kier alpha value is -0.840. The fourth-order valence-electron chi connectivity index (χ4n) is 1.33. The van der Waals surface area contributed by atoms with E-state index in [9.17, 15) is 5.11 Å². The molecule has 1 heterocycles. The lowest BCUT2D eigenvalue weighted by atomic mass is 10.2. The standard InChI is InChI=1S/C10H9NO.HI/c1-11-6-2-3-8-4-5-9(12)7-10(8)11;/h2-7H,1H3;1H. The van der Waals surface area contributed by atoms with E-state index in [-0.39, 0.29) is 24.0 Å². The predicted molar refractivity (Wildman–Crippen MR) is 46.8 cm³/mol. The van der Waals surface area contributed by atoms with Crippen LogP contribution in [0.4, 0.5) is 0 Å². The minimum Gasteiger partial charge on any atom is -1.00 e. The van der Waals surface area contributed by atoms with Crippen molar-refractivity contribution in [2.45, 2.75) is 0 Å². The summed E-state index contributed by atoms with van der Waals surface area (Å²) in [5.41, 5.74) is 1.04. The highest BCUT2D eigenvalue weighted by Crippen LogP contribution is 2.15. The quantitative estimate of drug-likeness (QED) is 0.457. The van der Waals surface area contributed by atoms with Gasteiger partial charge in [0.25, 0.3) is 0 Å². The van der Waals surface area contributed by atoms with Gasteiger partial charge in [-0.05, 0) is 18.2 Å². The molecule has 0 bridgehead atoms. The average Bonchev–Trinajstić information content (AvgIpc) is 2.07. The minimum absolute atomic E-state index is 0. The van der Waals surface area contributed by atoms with E-state index in [2.05, 4.69) is 0 Å². The third-order valence-corrected chi connectivity index (χ3v) is 1.98. The average molecular weight is 287 g/mol. The first-order valence-electron chi connectivity index (χ1n) is 3.85. The van der Waals surface area contributed by atoms with Crippen LogP contribution in [0.25, 0.3) is 10.9 Å². The molecule has 68 valence electrons. The van der Waals surface area contributed by atoms with Crippen LogP contribution in [-0.4, -0.2) is 5.11 Å². The molecule has 0 atom stereocenters. The first-order valence-corrected chi connectivity index (χ1v) is 3.85. The molecule has 13 heavy (non-hydrogen) atoms. The van der Waals surface area contributed by atoms with Crippen LogP contribution in [-0.2, 0) is 7.05 Å². The molecular formula is C10H10INO. The van der Waals surface area contributed by atoms with Crippen LogP contribution in [0.3, 0.4) is 0 Å².